The van der Waals surface area contributed by atoms with Crippen LogP contribution in [0.5, 0.6) is 0 Å². The van der Waals surface area contributed by atoms with E-state index in [4.69, 9.17) is 0 Å². The lowest BCUT2D eigenvalue weighted by Crippen LogP contribution is -2.57. The highest BCUT2D eigenvalue weighted by molar-refractivity contribution is 5.10. The Morgan fingerprint density at radius 3 is 2.39 bits per heavy atom. The van der Waals surface area contributed by atoms with Crippen LogP contribution in [0.3, 0.4) is 0 Å². The average molecular weight is 389 g/mol. The standard InChI is InChI=1S/C27H48O/c1-18(2)8-6-9-19(3)22-14-15-23-21-13-12-20-10-7-11-25(28)27(20,5)24(21)16-17-26(22,23)4/h18-25,28H,6-17H2,1-5H3/t19-,20+,21+,22-,23-,24-,25?,26+,27-/m0/s1. The van der Waals surface area contributed by atoms with Gasteiger partial charge in [0.05, 0.1) is 6.10 Å². The van der Waals surface area contributed by atoms with Gasteiger partial charge < -0.3 is 5.11 Å². The molecule has 162 valence electrons. The molecule has 0 aromatic carbocycles. The van der Waals surface area contributed by atoms with Crippen molar-refractivity contribution in [2.24, 2.45) is 52.3 Å². The lowest BCUT2D eigenvalue weighted by Gasteiger charge is -2.62. The van der Waals surface area contributed by atoms with Crippen molar-refractivity contribution in [2.45, 2.75) is 118 Å². The summed E-state index contributed by atoms with van der Waals surface area (Å²) < 4.78 is 0. The zero-order valence-electron chi connectivity index (χ0n) is 19.6. The van der Waals surface area contributed by atoms with Crippen molar-refractivity contribution in [3.8, 4) is 0 Å². The molecule has 0 heterocycles. The van der Waals surface area contributed by atoms with Crippen LogP contribution < -0.4 is 0 Å². The van der Waals surface area contributed by atoms with Crippen LogP contribution in [0.4, 0.5) is 0 Å². The average Bonchev–Trinajstić information content (AvgIpc) is 3.00. The SMILES string of the molecule is CC(C)CCC[C@H](C)[C@@H]1CC[C@H]2[C@H]3CC[C@H]4CCCC(O)[C@]4(C)[C@H]3CC[C@@]21C. The monoisotopic (exact) mass is 388 g/mol. The predicted molar refractivity (Wildman–Crippen MR) is 119 cm³/mol. The summed E-state index contributed by atoms with van der Waals surface area (Å²) in [4.78, 5) is 0. The minimum Gasteiger partial charge on any atom is -0.393 e. The molecule has 1 unspecified atom stereocenters. The zero-order chi connectivity index (χ0) is 20.1. The van der Waals surface area contributed by atoms with Crippen LogP contribution in [0.15, 0.2) is 0 Å². The summed E-state index contributed by atoms with van der Waals surface area (Å²) in [6.45, 7) is 12.5. The number of hydrogen-bond acceptors (Lipinski definition) is 1. The fourth-order valence-corrected chi connectivity index (χ4v) is 9.34. The molecule has 4 rings (SSSR count). The Kier molecular flexibility index (Phi) is 5.98. The van der Waals surface area contributed by atoms with E-state index in [1.165, 1.54) is 70.6 Å². The molecule has 4 fully saturated rings. The third-order valence-corrected chi connectivity index (χ3v) is 10.9. The molecule has 0 aromatic heterocycles. The van der Waals surface area contributed by atoms with Gasteiger partial charge in [0.2, 0.25) is 0 Å². The van der Waals surface area contributed by atoms with E-state index < -0.39 is 0 Å². The highest BCUT2D eigenvalue weighted by Gasteiger charge is 2.61. The minimum atomic E-state index is -0.0319. The maximum atomic E-state index is 11.1. The topological polar surface area (TPSA) is 20.2 Å². The number of hydrogen-bond donors (Lipinski definition) is 1. The Labute approximate surface area is 175 Å². The van der Waals surface area contributed by atoms with Crippen LogP contribution in [0.25, 0.3) is 0 Å². The molecule has 1 N–H and O–H groups in total. The normalized spacial score (nSPS) is 49.4. The van der Waals surface area contributed by atoms with Gasteiger partial charge in [0.15, 0.2) is 0 Å². The van der Waals surface area contributed by atoms with E-state index in [1.807, 2.05) is 0 Å². The molecule has 4 aliphatic carbocycles. The summed E-state index contributed by atoms with van der Waals surface area (Å²) in [6, 6.07) is 0. The van der Waals surface area contributed by atoms with Crippen LogP contribution in [-0.2, 0) is 0 Å². The highest BCUT2D eigenvalue weighted by Crippen LogP contribution is 2.68. The first kappa shape index (κ1) is 21.2. The van der Waals surface area contributed by atoms with Crippen LogP contribution in [0.2, 0.25) is 0 Å². The van der Waals surface area contributed by atoms with Crippen molar-refractivity contribution in [1.82, 2.24) is 0 Å². The Bertz CT molecular complexity index is 540. The van der Waals surface area contributed by atoms with Gasteiger partial charge in [0.1, 0.15) is 0 Å². The van der Waals surface area contributed by atoms with E-state index in [9.17, 15) is 5.11 Å². The summed E-state index contributed by atoms with van der Waals surface area (Å²) in [7, 11) is 0. The summed E-state index contributed by atoms with van der Waals surface area (Å²) >= 11 is 0. The van der Waals surface area contributed by atoms with Crippen molar-refractivity contribution >= 4 is 0 Å². The Morgan fingerprint density at radius 1 is 0.857 bits per heavy atom. The van der Waals surface area contributed by atoms with Gasteiger partial charge in [-0.3, -0.25) is 0 Å². The third kappa shape index (κ3) is 3.30. The molecule has 0 saturated heterocycles. The second-order valence-corrected chi connectivity index (χ2v) is 12.5. The lowest BCUT2D eigenvalue weighted by molar-refractivity contribution is -0.164. The van der Waals surface area contributed by atoms with E-state index >= 15 is 0 Å². The molecule has 1 nitrogen and oxygen atoms in total. The number of aliphatic hydroxyl groups is 1. The maximum Gasteiger partial charge on any atom is 0.0599 e. The van der Waals surface area contributed by atoms with Gasteiger partial charge in [0, 0.05) is 0 Å². The maximum absolute atomic E-state index is 11.1. The van der Waals surface area contributed by atoms with Crippen LogP contribution >= 0.6 is 0 Å². The molecule has 0 aliphatic heterocycles. The molecule has 0 aromatic rings. The smallest absolute Gasteiger partial charge is 0.0599 e. The van der Waals surface area contributed by atoms with E-state index in [-0.39, 0.29) is 11.5 Å². The molecule has 0 amide bonds. The summed E-state index contributed by atoms with van der Waals surface area (Å²) in [5.41, 5.74) is 0.810. The van der Waals surface area contributed by atoms with Gasteiger partial charge >= 0.3 is 0 Å². The Hall–Kier alpha value is -0.0400. The number of fused-ring (bicyclic) bond motifs is 5. The summed E-state index contributed by atoms with van der Waals surface area (Å²) in [5, 5.41) is 11.1. The molecule has 1 heteroatoms. The van der Waals surface area contributed by atoms with E-state index in [1.54, 1.807) is 0 Å². The molecular formula is C27H48O. The molecule has 9 atom stereocenters. The van der Waals surface area contributed by atoms with Crippen molar-refractivity contribution in [3.63, 3.8) is 0 Å². The second-order valence-electron chi connectivity index (χ2n) is 12.5. The molecule has 0 radical (unpaired) electrons. The molecule has 0 bridgehead atoms. The second kappa shape index (κ2) is 7.90. The molecular weight excluding hydrogens is 340 g/mol. The minimum absolute atomic E-state index is 0.0319. The van der Waals surface area contributed by atoms with Crippen molar-refractivity contribution < 1.29 is 5.11 Å². The Balaban J connectivity index is 1.49. The Morgan fingerprint density at radius 2 is 1.64 bits per heavy atom. The lowest BCUT2D eigenvalue weighted by atomic mass is 9.44. The van der Waals surface area contributed by atoms with Crippen molar-refractivity contribution in [3.05, 3.63) is 0 Å². The first-order chi connectivity index (χ1) is 13.3. The summed E-state index contributed by atoms with van der Waals surface area (Å²) in [6.07, 6.45) is 16.6. The molecule has 4 aliphatic rings. The fourth-order valence-electron chi connectivity index (χ4n) is 9.34. The van der Waals surface area contributed by atoms with Gasteiger partial charge in [-0.1, -0.05) is 60.3 Å². The quantitative estimate of drug-likeness (QED) is 0.518. The molecule has 28 heavy (non-hydrogen) atoms. The molecule has 4 saturated carbocycles. The first-order valence-electron chi connectivity index (χ1n) is 13.0. The van der Waals surface area contributed by atoms with Gasteiger partial charge in [0.25, 0.3) is 0 Å². The van der Waals surface area contributed by atoms with Crippen molar-refractivity contribution in [1.29, 1.82) is 0 Å². The first-order valence-corrected chi connectivity index (χ1v) is 13.0. The van der Waals surface area contributed by atoms with E-state index in [0.717, 1.165) is 47.8 Å². The van der Waals surface area contributed by atoms with Gasteiger partial charge in [-0.15, -0.1) is 0 Å². The summed E-state index contributed by atoms with van der Waals surface area (Å²) in [5.74, 6) is 6.15. The van der Waals surface area contributed by atoms with Gasteiger partial charge in [-0.25, -0.2) is 0 Å². The highest BCUT2D eigenvalue weighted by atomic mass is 16.3. The van der Waals surface area contributed by atoms with E-state index in [2.05, 4.69) is 34.6 Å². The van der Waals surface area contributed by atoms with Crippen molar-refractivity contribution in [2.75, 3.05) is 0 Å². The van der Waals surface area contributed by atoms with Gasteiger partial charge in [-0.05, 0) is 104 Å². The third-order valence-electron chi connectivity index (χ3n) is 10.9. The van der Waals surface area contributed by atoms with Crippen LogP contribution in [0.1, 0.15) is 112 Å². The fraction of sp³-hybridized carbons (Fsp3) is 1.00. The largest absolute Gasteiger partial charge is 0.393 e. The number of aliphatic hydroxyl groups excluding tert-OH is 1. The van der Waals surface area contributed by atoms with Crippen LogP contribution in [0, 0.1) is 52.3 Å². The zero-order valence-corrected chi connectivity index (χ0v) is 19.6. The number of rotatable bonds is 5. The van der Waals surface area contributed by atoms with E-state index in [0.29, 0.717) is 5.41 Å². The molecule has 0 spiro atoms. The van der Waals surface area contributed by atoms with Gasteiger partial charge in [-0.2, -0.15) is 0 Å². The van der Waals surface area contributed by atoms with Crippen LogP contribution in [-0.4, -0.2) is 11.2 Å². The predicted octanol–water partition coefficient (Wildman–Crippen LogP) is 7.47.